The molecule has 0 saturated heterocycles. The van der Waals surface area contributed by atoms with Crippen molar-refractivity contribution in [2.75, 3.05) is 0 Å². The van der Waals surface area contributed by atoms with Crippen molar-refractivity contribution in [1.82, 2.24) is 5.32 Å². The maximum Gasteiger partial charge on any atom is 0.0305 e. The predicted octanol–water partition coefficient (Wildman–Crippen LogP) is 5.46. The first-order valence-electron chi connectivity index (χ1n) is 7.71. The quantitative estimate of drug-likeness (QED) is 0.725. The van der Waals surface area contributed by atoms with Crippen LogP contribution in [0.1, 0.15) is 64.0 Å². The van der Waals surface area contributed by atoms with Crippen molar-refractivity contribution in [1.29, 1.82) is 0 Å². The molecule has 19 heavy (non-hydrogen) atoms. The third kappa shape index (κ3) is 4.32. The Morgan fingerprint density at radius 2 is 2.00 bits per heavy atom. The van der Waals surface area contributed by atoms with Gasteiger partial charge in [0, 0.05) is 16.6 Å². The van der Waals surface area contributed by atoms with Gasteiger partial charge in [-0.15, -0.1) is 0 Å². The Balaban J connectivity index is 1.92. The maximum atomic E-state index is 3.83. The molecule has 1 aromatic rings. The van der Waals surface area contributed by atoms with Gasteiger partial charge in [-0.1, -0.05) is 60.3 Å². The molecule has 0 amide bonds. The second-order valence-corrected chi connectivity index (χ2v) is 6.74. The van der Waals surface area contributed by atoms with Crippen molar-refractivity contribution < 1.29 is 0 Å². The minimum atomic E-state index is 0.429. The van der Waals surface area contributed by atoms with E-state index in [0.717, 1.165) is 5.92 Å². The van der Waals surface area contributed by atoms with E-state index in [2.05, 4.69) is 59.4 Å². The molecule has 1 aliphatic carbocycles. The van der Waals surface area contributed by atoms with Crippen LogP contribution < -0.4 is 5.32 Å². The van der Waals surface area contributed by atoms with Gasteiger partial charge in [-0.05, 0) is 43.7 Å². The van der Waals surface area contributed by atoms with Gasteiger partial charge in [0.1, 0.15) is 0 Å². The summed E-state index contributed by atoms with van der Waals surface area (Å²) in [6, 6.07) is 9.68. The highest BCUT2D eigenvalue weighted by Crippen LogP contribution is 2.28. The zero-order chi connectivity index (χ0) is 13.7. The van der Waals surface area contributed by atoms with E-state index in [-0.39, 0.29) is 0 Å². The number of hydrogen-bond donors (Lipinski definition) is 1. The molecule has 0 spiro atoms. The molecule has 1 fully saturated rings. The predicted molar refractivity (Wildman–Crippen MR) is 86.3 cm³/mol. The summed E-state index contributed by atoms with van der Waals surface area (Å²) in [6.07, 6.45) is 8.25. The lowest BCUT2D eigenvalue weighted by molar-refractivity contribution is 0.399. The van der Waals surface area contributed by atoms with Crippen LogP contribution in [0.5, 0.6) is 0 Å². The van der Waals surface area contributed by atoms with Crippen molar-refractivity contribution in [3.8, 4) is 0 Å². The van der Waals surface area contributed by atoms with Crippen LogP contribution in [-0.4, -0.2) is 6.04 Å². The van der Waals surface area contributed by atoms with Gasteiger partial charge in [0.25, 0.3) is 0 Å². The molecule has 0 aliphatic heterocycles. The molecule has 1 saturated carbocycles. The minimum absolute atomic E-state index is 0.429. The van der Waals surface area contributed by atoms with Crippen LogP contribution in [0.4, 0.5) is 0 Å². The summed E-state index contributed by atoms with van der Waals surface area (Å²) in [5, 5.41) is 3.83. The van der Waals surface area contributed by atoms with Crippen LogP contribution in [0.3, 0.4) is 0 Å². The third-order valence-corrected chi connectivity index (χ3v) is 5.25. The molecule has 106 valence electrons. The fourth-order valence-corrected chi connectivity index (χ4v) is 3.85. The zero-order valence-corrected chi connectivity index (χ0v) is 13.7. The lowest BCUT2D eigenvalue weighted by Crippen LogP contribution is -2.31. The fraction of sp³-hybridized carbons (Fsp3) is 0.647. The van der Waals surface area contributed by atoms with Crippen LogP contribution in [0.2, 0.25) is 0 Å². The second kappa shape index (κ2) is 7.44. The van der Waals surface area contributed by atoms with E-state index in [9.17, 15) is 0 Å². The third-order valence-electron chi connectivity index (χ3n) is 4.52. The molecule has 2 unspecified atom stereocenters. The molecule has 1 aromatic carbocycles. The summed E-state index contributed by atoms with van der Waals surface area (Å²) >= 11 is 3.66. The SMILES string of the molecule is CCC1CCCC(N[C@@H](C)c2ccccc2Br)CC1. The fourth-order valence-electron chi connectivity index (χ4n) is 3.22. The van der Waals surface area contributed by atoms with E-state index in [1.807, 2.05) is 0 Å². The molecular weight excluding hydrogens is 298 g/mol. The molecule has 1 aliphatic rings. The second-order valence-electron chi connectivity index (χ2n) is 5.89. The average molecular weight is 324 g/mol. The number of nitrogens with one attached hydrogen (secondary N) is 1. The van der Waals surface area contributed by atoms with Gasteiger partial charge in [0.2, 0.25) is 0 Å². The molecule has 0 bridgehead atoms. The lowest BCUT2D eigenvalue weighted by Gasteiger charge is -2.23. The van der Waals surface area contributed by atoms with Gasteiger partial charge in [-0.2, -0.15) is 0 Å². The first-order chi connectivity index (χ1) is 9.20. The highest BCUT2D eigenvalue weighted by Gasteiger charge is 2.20. The van der Waals surface area contributed by atoms with Crippen molar-refractivity contribution in [2.45, 2.75) is 64.5 Å². The van der Waals surface area contributed by atoms with Crippen LogP contribution in [0.15, 0.2) is 28.7 Å². The molecule has 3 atom stereocenters. The van der Waals surface area contributed by atoms with E-state index in [0.29, 0.717) is 12.1 Å². The van der Waals surface area contributed by atoms with E-state index >= 15 is 0 Å². The number of hydrogen-bond acceptors (Lipinski definition) is 1. The summed E-state index contributed by atoms with van der Waals surface area (Å²) in [6.45, 7) is 4.62. The largest absolute Gasteiger partial charge is 0.307 e. The van der Waals surface area contributed by atoms with Gasteiger partial charge in [0.05, 0.1) is 0 Å². The van der Waals surface area contributed by atoms with Crippen molar-refractivity contribution >= 4 is 15.9 Å². The number of halogens is 1. The first-order valence-corrected chi connectivity index (χ1v) is 8.50. The van der Waals surface area contributed by atoms with Gasteiger partial charge in [0.15, 0.2) is 0 Å². The summed E-state index contributed by atoms with van der Waals surface area (Å²) in [7, 11) is 0. The van der Waals surface area contributed by atoms with Crippen LogP contribution in [0.25, 0.3) is 0 Å². The summed E-state index contributed by atoms with van der Waals surface area (Å²) < 4.78 is 1.22. The van der Waals surface area contributed by atoms with Crippen LogP contribution in [0, 0.1) is 5.92 Å². The lowest BCUT2D eigenvalue weighted by atomic mass is 9.97. The van der Waals surface area contributed by atoms with Crippen molar-refractivity contribution in [3.05, 3.63) is 34.3 Å². The van der Waals surface area contributed by atoms with E-state index < -0.39 is 0 Å². The Morgan fingerprint density at radius 3 is 2.74 bits per heavy atom. The Morgan fingerprint density at radius 1 is 1.21 bits per heavy atom. The van der Waals surface area contributed by atoms with Gasteiger partial charge >= 0.3 is 0 Å². The Kier molecular flexibility index (Phi) is 5.90. The molecule has 2 heteroatoms. The van der Waals surface area contributed by atoms with E-state index in [1.54, 1.807) is 0 Å². The highest BCUT2D eigenvalue weighted by molar-refractivity contribution is 9.10. The van der Waals surface area contributed by atoms with Crippen LogP contribution >= 0.6 is 15.9 Å². The van der Waals surface area contributed by atoms with Crippen LogP contribution in [-0.2, 0) is 0 Å². The molecule has 1 N–H and O–H groups in total. The summed E-state index contributed by atoms with van der Waals surface area (Å²) in [4.78, 5) is 0. The van der Waals surface area contributed by atoms with Crippen molar-refractivity contribution in [2.24, 2.45) is 5.92 Å². The molecule has 0 aromatic heterocycles. The highest BCUT2D eigenvalue weighted by atomic mass is 79.9. The summed E-state index contributed by atoms with van der Waals surface area (Å²) in [5.74, 6) is 0.963. The van der Waals surface area contributed by atoms with E-state index in [4.69, 9.17) is 0 Å². The monoisotopic (exact) mass is 323 g/mol. The number of rotatable bonds is 4. The Labute approximate surface area is 126 Å². The Bertz CT molecular complexity index is 391. The molecular formula is C17H26BrN. The van der Waals surface area contributed by atoms with Gasteiger partial charge < -0.3 is 5.32 Å². The zero-order valence-electron chi connectivity index (χ0n) is 12.2. The standard InChI is InChI=1S/C17H26BrN/c1-3-14-7-6-8-15(12-11-14)19-13(2)16-9-4-5-10-17(16)18/h4-5,9-10,13-15,19H,3,6-8,11-12H2,1-2H3/t13-,14?,15?/m0/s1. The van der Waals surface area contributed by atoms with Gasteiger partial charge in [-0.25, -0.2) is 0 Å². The average Bonchev–Trinajstić information content (AvgIpc) is 2.64. The molecule has 2 rings (SSSR count). The van der Waals surface area contributed by atoms with Gasteiger partial charge in [-0.3, -0.25) is 0 Å². The van der Waals surface area contributed by atoms with E-state index in [1.165, 1.54) is 48.6 Å². The normalized spacial score (nSPS) is 25.8. The first kappa shape index (κ1) is 15.1. The molecule has 1 nitrogen and oxygen atoms in total. The minimum Gasteiger partial charge on any atom is -0.307 e. The van der Waals surface area contributed by atoms with Crippen molar-refractivity contribution in [3.63, 3.8) is 0 Å². The number of benzene rings is 1. The maximum absolute atomic E-state index is 3.83. The topological polar surface area (TPSA) is 12.0 Å². The molecule has 0 radical (unpaired) electrons. The Hall–Kier alpha value is -0.340. The summed E-state index contributed by atoms with van der Waals surface area (Å²) in [5.41, 5.74) is 1.37. The molecule has 0 heterocycles. The smallest absolute Gasteiger partial charge is 0.0305 e.